The molecule has 0 aliphatic carbocycles. The Kier molecular flexibility index (Phi) is 3.69. The highest BCUT2D eigenvalue weighted by Crippen LogP contribution is 2.35. The normalized spacial score (nSPS) is 28.0. The zero-order valence-corrected chi connectivity index (χ0v) is 11.2. The minimum absolute atomic E-state index is 0.199. The van der Waals surface area contributed by atoms with Crippen molar-refractivity contribution in [1.82, 2.24) is 9.97 Å². The Balaban J connectivity index is 2.23. The summed E-state index contributed by atoms with van der Waals surface area (Å²) in [7, 11) is 8.52. The predicted molar refractivity (Wildman–Crippen MR) is 69.9 cm³/mol. The van der Waals surface area contributed by atoms with Gasteiger partial charge in [-0.05, 0) is 30.4 Å². The van der Waals surface area contributed by atoms with Gasteiger partial charge in [-0.1, -0.05) is 0 Å². The van der Waals surface area contributed by atoms with Crippen LogP contribution in [-0.2, 0) is 4.74 Å². The van der Waals surface area contributed by atoms with Crippen LogP contribution in [0.2, 0.25) is 0 Å². The number of aromatic carboxylic acids is 1. The first-order valence-corrected chi connectivity index (χ1v) is 6.23. The SMILES string of the molecule is [B]C1(P)CCC(c2nc(C(=O)O)ncc2C)OC1. The number of aromatic nitrogens is 2. The van der Waals surface area contributed by atoms with Crippen LogP contribution in [0.1, 0.15) is 40.8 Å². The summed E-state index contributed by atoms with van der Waals surface area (Å²) in [4.78, 5) is 18.7. The number of rotatable bonds is 2. The predicted octanol–water partition coefficient (Wildman–Crippen LogP) is 1.07. The van der Waals surface area contributed by atoms with Crippen molar-refractivity contribution in [3.8, 4) is 0 Å². The van der Waals surface area contributed by atoms with E-state index in [0.717, 1.165) is 18.4 Å². The standard InChI is InChI=1S/C11H14BN2O3P/c1-6-4-13-9(10(15)16)14-8(6)7-2-3-11(12,18)5-17-7/h4,7H,2-3,5,18H2,1H3,(H,15,16). The van der Waals surface area contributed by atoms with E-state index in [1.807, 2.05) is 6.92 Å². The number of hydrogen-bond donors (Lipinski definition) is 1. The first-order chi connectivity index (χ1) is 8.39. The van der Waals surface area contributed by atoms with E-state index in [4.69, 9.17) is 17.7 Å². The number of carboxylic acid groups (broad SMARTS) is 1. The Labute approximate surface area is 109 Å². The van der Waals surface area contributed by atoms with Gasteiger partial charge in [-0.15, -0.1) is 9.24 Å². The second kappa shape index (κ2) is 4.94. The number of aryl methyl sites for hydroxylation is 1. The average Bonchev–Trinajstić information content (AvgIpc) is 2.30. The molecule has 1 aliphatic heterocycles. The summed E-state index contributed by atoms with van der Waals surface area (Å²) < 4.78 is 5.67. The van der Waals surface area contributed by atoms with Crippen LogP contribution in [0.15, 0.2) is 6.20 Å². The third-order valence-electron chi connectivity index (χ3n) is 2.93. The van der Waals surface area contributed by atoms with Gasteiger partial charge in [-0.2, -0.15) is 0 Å². The second-order valence-electron chi connectivity index (χ2n) is 4.64. The van der Waals surface area contributed by atoms with E-state index in [0.29, 0.717) is 12.3 Å². The van der Waals surface area contributed by atoms with Crippen molar-refractivity contribution in [2.75, 3.05) is 6.61 Å². The summed E-state index contributed by atoms with van der Waals surface area (Å²) in [6.45, 7) is 2.25. The molecule has 94 valence electrons. The molecule has 2 heterocycles. The fourth-order valence-corrected chi connectivity index (χ4v) is 2.17. The van der Waals surface area contributed by atoms with Gasteiger partial charge in [0.15, 0.2) is 0 Å². The maximum Gasteiger partial charge on any atom is 0.373 e. The summed E-state index contributed by atoms with van der Waals surface area (Å²) in [5.74, 6) is -1.33. The van der Waals surface area contributed by atoms with E-state index in [-0.39, 0.29) is 11.9 Å². The van der Waals surface area contributed by atoms with Crippen molar-refractivity contribution in [2.45, 2.75) is 30.9 Å². The lowest BCUT2D eigenvalue weighted by molar-refractivity contribution is 0.00740. The largest absolute Gasteiger partial charge is 0.475 e. The molecule has 0 aromatic carbocycles. The minimum atomic E-state index is -1.13. The van der Waals surface area contributed by atoms with Crippen molar-refractivity contribution >= 4 is 23.1 Å². The van der Waals surface area contributed by atoms with Crippen molar-refractivity contribution in [2.24, 2.45) is 0 Å². The van der Waals surface area contributed by atoms with Crippen molar-refractivity contribution in [3.05, 3.63) is 23.3 Å². The molecule has 1 fully saturated rings. The summed E-state index contributed by atoms with van der Waals surface area (Å²) >= 11 is 0. The van der Waals surface area contributed by atoms with Crippen LogP contribution in [0.5, 0.6) is 0 Å². The lowest BCUT2D eigenvalue weighted by Gasteiger charge is -2.34. The highest BCUT2D eigenvalue weighted by Gasteiger charge is 2.30. The lowest BCUT2D eigenvalue weighted by atomic mass is 9.80. The number of carbonyl (C=O) groups is 1. The molecule has 18 heavy (non-hydrogen) atoms. The van der Waals surface area contributed by atoms with Gasteiger partial charge < -0.3 is 9.84 Å². The van der Waals surface area contributed by atoms with Crippen molar-refractivity contribution < 1.29 is 14.6 Å². The molecule has 1 saturated heterocycles. The van der Waals surface area contributed by atoms with Gasteiger partial charge in [0, 0.05) is 12.8 Å². The Morgan fingerprint density at radius 2 is 2.44 bits per heavy atom. The van der Waals surface area contributed by atoms with Gasteiger partial charge in [0.2, 0.25) is 5.82 Å². The lowest BCUT2D eigenvalue weighted by Crippen LogP contribution is -2.34. The summed E-state index contributed by atoms with van der Waals surface area (Å²) in [5.41, 5.74) is 1.47. The number of hydrogen-bond acceptors (Lipinski definition) is 4. The van der Waals surface area contributed by atoms with E-state index < -0.39 is 11.0 Å². The molecule has 7 heteroatoms. The fraction of sp³-hybridized carbons (Fsp3) is 0.545. The Bertz CT molecular complexity index is 471. The van der Waals surface area contributed by atoms with Crippen molar-refractivity contribution in [1.29, 1.82) is 0 Å². The highest BCUT2D eigenvalue weighted by atomic mass is 31.0. The molecule has 2 radical (unpaired) electrons. The first kappa shape index (κ1) is 13.4. The van der Waals surface area contributed by atoms with Crippen LogP contribution in [0.25, 0.3) is 0 Å². The molecule has 2 rings (SSSR count). The quantitative estimate of drug-likeness (QED) is 0.639. The second-order valence-corrected chi connectivity index (χ2v) is 5.79. The molecule has 0 spiro atoms. The maximum atomic E-state index is 10.9. The van der Waals surface area contributed by atoms with Gasteiger partial charge in [0.1, 0.15) is 0 Å². The van der Waals surface area contributed by atoms with E-state index in [9.17, 15) is 4.79 Å². The van der Waals surface area contributed by atoms with Gasteiger partial charge in [0.25, 0.3) is 0 Å². The molecule has 0 saturated carbocycles. The Morgan fingerprint density at radius 1 is 1.72 bits per heavy atom. The van der Waals surface area contributed by atoms with Gasteiger partial charge in [0.05, 0.1) is 19.6 Å². The Morgan fingerprint density at radius 3 is 3.00 bits per heavy atom. The van der Waals surface area contributed by atoms with Crippen LogP contribution in [-0.4, -0.2) is 40.6 Å². The molecule has 0 amide bonds. The molecule has 1 N–H and O–H groups in total. The summed E-state index contributed by atoms with van der Waals surface area (Å²) in [5, 5.41) is 8.50. The van der Waals surface area contributed by atoms with Gasteiger partial charge in [-0.3, -0.25) is 0 Å². The molecule has 5 nitrogen and oxygen atoms in total. The molecule has 3 unspecified atom stereocenters. The summed E-state index contributed by atoms with van der Waals surface area (Å²) in [6, 6.07) is 0. The minimum Gasteiger partial charge on any atom is -0.475 e. The van der Waals surface area contributed by atoms with Crippen molar-refractivity contribution in [3.63, 3.8) is 0 Å². The molecular formula is C11H14BN2O3P. The van der Waals surface area contributed by atoms with E-state index in [1.54, 1.807) is 0 Å². The molecule has 0 bridgehead atoms. The number of ether oxygens (including phenoxy) is 1. The topological polar surface area (TPSA) is 72.3 Å². The monoisotopic (exact) mass is 264 g/mol. The molecule has 1 aliphatic rings. The van der Waals surface area contributed by atoms with Crippen LogP contribution >= 0.6 is 9.24 Å². The fourth-order valence-electron chi connectivity index (χ4n) is 1.91. The number of carboxylic acids is 1. The molecule has 3 atom stereocenters. The van der Waals surface area contributed by atoms with E-state index in [2.05, 4.69) is 19.2 Å². The first-order valence-electron chi connectivity index (χ1n) is 5.65. The highest BCUT2D eigenvalue weighted by molar-refractivity contribution is 7.22. The molecule has 1 aromatic rings. The maximum absolute atomic E-state index is 10.9. The van der Waals surface area contributed by atoms with Gasteiger partial charge in [-0.25, -0.2) is 14.8 Å². The zero-order valence-electron chi connectivity index (χ0n) is 10.1. The van der Waals surface area contributed by atoms with E-state index >= 15 is 0 Å². The third kappa shape index (κ3) is 2.87. The van der Waals surface area contributed by atoms with E-state index in [1.165, 1.54) is 6.20 Å². The molecular weight excluding hydrogens is 250 g/mol. The van der Waals surface area contributed by atoms with Gasteiger partial charge >= 0.3 is 5.97 Å². The Hall–Kier alpha value is -0.995. The smallest absolute Gasteiger partial charge is 0.373 e. The van der Waals surface area contributed by atoms with Crippen LogP contribution in [0, 0.1) is 6.92 Å². The average molecular weight is 264 g/mol. The molecule has 1 aromatic heterocycles. The van der Waals surface area contributed by atoms with Crippen LogP contribution < -0.4 is 0 Å². The summed E-state index contributed by atoms with van der Waals surface area (Å²) in [6.07, 6.45) is 2.81. The zero-order chi connectivity index (χ0) is 13.3. The number of nitrogens with zero attached hydrogens (tertiary/aromatic N) is 2. The van der Waals surface area contributed by atoms with Crippen LogP contribution in [0.4, 0.5) is 0 Å². The van der Waals surface area contributed by atoms with Crippen LogP contribution in [0.3, 0.4) is 0 Å². The third-order valence-corrected chi connectivity index (χ3v) is 3.39.